The van der Waals surface area contributed by atoms with Crippen molar-refractivity contribution in [3.05, 3.63) is 30.3 Å². The summed E-state index contributed by atoms with van der Waals surface area (Å²) in [5.74, 6) is 1.93. The highest BCUT2D eigenvalue weighted by Gasteiger charge is 2.33. The van der Waals surface area contributed by atoms with Crippen LogP contribution in [0.25, 0.3) is 0 Å². The van der Waals surface area contributed by atoms with E-state index in [1.165, 1.54) is 0 Å². The minimum atomic E-state index is -0.0804. The number of amides is 2. The summed E-state index contributed by atoms with van der Waals surface area (Å²) in [6.07, 6.45) is 6.40. The number of hydrogen-bond acceptors (Lipinski definition) is 7. The quantitative estimate of drug-likeness (QED) is 0.838. The largest absolute Gasteiger partial charge is 0.360 e. The van der Waals surface area contributed by atoms with Crippen molar-refractivity contribution in [2.24, 2.45) is 11.8 Å². The molecule has 2 fully saturated rings. The maximum Gasteiger partial charge on any atom is 0.228 e. The molecule has 1 N–H and O–H groups in total. The predicted molar refractivity (Wildman–Crippen MR) is 106 cm³/mol. The van der Waals surface area contributed by atoms with Gasteiger partial charge in [0, 0.05) is 56.5 Å². The van der Waals surface area contributed by atoms with E-state index >= 15 is 0 Å². The number of piperazine rings is 1. The molecule has 2 aromatic rings. The van der Waals surface area contributed by atoms with Gasteiger partial charge in [0.05, 0.1) is 0 Å². The van der Waals surface area contributed by atoms with E-state index < -0.39 is 0 Å². The van der Waals surface area contributed by atoms with Gasteiger partial charge in [-0.2, -0.15) is 0 Å². The van der Waals surface area contributed by atoms with Gasteiger partial charge in [0.25, 0.3) is 0 Å². The zero-order valence-corrected chi connectivity index (χ0v) is 16.6. The molecule has 0 bridgehead atoms. The zero-order valence-electron chi connectivity index (χ0n) is 16.6. The molecule has 2 amide bonds. The molecule has 29 heavy (non-hydrogen) atoms. The summed E-state index contributed by atoms with van der Waals surface area (Å²) in [5.41, 5.74) is 0. The maximum absolute atomic E-state index is 12.9. The third kappa shape index (κ3) is 4.55. The second-order valence-electron chi connectivity index (χ2n) is 7.72. The lowest BCUT2D eigenvalue weighted by Crippen LogP contribution is -2.51. The van der Waals surface area contributed by atoms with E-state index in [9.17, 15) is 9.59 Å². The molecule has 1 saturated heterocycles. The molecule has 4 rings (SSSR count). The lowest BCUT2D eigenvalue weighted by atomic mass is 9.81. The van der Waals surface area contributed by atoms with Crippen LogP contribution in [0.2, 0.25) is 0 Å². The second kappa shape index (κ2) is 8.59. The number of hydrogen-bond donors (Lipinski definition) is 1. The van der Waals surface area contributed by atoms with E-state index in [1.54, 1.807) is 31.5 Å². The molecule has 1 aliphatic carbocycles. The number of carbonyl (C=O) groups excluding carboxylic acids is 2. The molecule has 1 aliphatic heterocycles. The van der Waals surface area contributed by atoms with E-state index in [0.717, 1.165) is 38.8 Å². The number of aryl methyl sites for hydroxylation is 1. The van der Waals surface area contributed by atoms with Crippen LogP contribution in [0.1, 0.15) is 31.4 Å². The molecule has 2 aliphatic rings. The highest BCUT2D eigenvalue weighted by atomic mass is 16.5. The van der Waals surface area contributed by atoms with Gasteiger partial charge in [-0.05, 0) is 38.7 Å². The molecule has 0 atom stereocenters. The summed E-state index contributed by atoms with van der Waals surface area (Å²) in [5, 5.41) is 6.61. The van der Waals surface area contributed by atoms with Gasteiger partial charge >= 0.3 is 0 Å². The van der Waals surface area contributed by atoms with Gasteiger partial charge in [0.2, 0.25) is 17.8 Å². The lowest BCUT2D eigenvalue weighted by Gasteiger charge is -2.37. The standard InChI is InChI=1S/C20H26N6O3/c1-14-13-17(24-29-14)23-18(27)15-3-5-16(6-4-15)19(28)25-9-11-26(12-10-25)20-21-7-2-8-22-20/h2,7-8,13,15-16H,3-6,9-12H2,1H3,(H,23,24,27). The van der Waals surface area contributed by atoms with Crippen molar-refractivity contribution in [3.63, 3.8) is 0 Å². The number of carbonyl (C=O) groups is 2. The third-order valence-corrected chi connectivity index (χ3v) is 5.75. The molecule has 9 heteroatoms. The Kier molecular flexibility index (Phi) is 5.73. The highest BCUT2D eigenvalue weighted by molar-refractivity contribution is 5.92. The topological polar surface area (TPSA) is 104 Å². The molecular formula is C20H26N6O3. The first-order valence-corrected chi connectivity index (χ1v) is 10.1. The molecule has 3 heterocycles. The Morgan fingerprint density at radius 2 is 1.69 bits per heavy atom. The van der Waals surface area contributed by atoms with Gasteiger partial charge in [0.1, 0.15) is 5.76 Å². The average Bonchev–Trinajstić information content (AvgIpc) is 3.18. The first kappa shape index (κ1) is 19.4. The number of nitrogens with one attached hydrogen (secondary N) is 1. The van der Waals surface area contributed by atoms with Crippen LogP contribution in [-0.2, 0) is 9.59 Å². The Hall–Kier alpha value is -2.97. The summed E-state index contributed by atoms with van der Waals surface area (Å²) in [7, 11) is 0. The summed E-state index contributed by atoms with van der Waals surface area (Å²) in [4.78, 5) is 38.0. The van der Waals surface area contributed by atoms with Crippen LogP contribution in [0.4, 0.5) is 11.8 Å². The van der Waals surface area contributed by atoms with Crippen molar-refractivity contribution < 1.29 is 14.1 Å². The Morgan fingerprint density at radius 1 is 1.03 bits per heavy atom. The van der Waals surface area contributed by atoms with Gasteiger partial charge in [0.15, 0.2) is 5.82 Å². The van der Waals surface area contributed by atoms with Crippen LogP contribution in [0, 0.1) is 18.8 Å². The number of rotatable bonds is 4. The smallest absolute Gasteiger partial charge is 0.228 e. The van der Waals surface area contributed by atoms with Crippen molar-refractivity contribution in [1.29, 1.82) is 0 Å². The fraction of sp³-hybridized carbons (Fsp3) is 0.550. The van der Waals surface area contributed by atoms with E-state index in [4.69, 9.17) is 4.52 Å². The van der Waals surface area contributed by atoms with E-state index in [2.05, 4.69) is 25.3 Å². The first-order valence-electron chi connectivity index (χ1n) is 10.1. The third-order valence-electron chi connectivity index (χ3n) is 5.75. The van der Waals surface area contributed by atoms with E-state index in [1.807, 2.05) is 4.90 Å². The monoisotopic (exact) mass is 398 g/mol. The Balaban J connectivity index is 1.23. The van der Waals surface area contributed by atoms with Crippen LogP contribution >= 0.6 is 0 Å². The lowest BCUT2D eigenvalue weighted by molar-refractivity contribution is -0.138. The number of nitrogens with zero attached hydrogens (tertiary/aromatic N) is 5. The molecule has 2 aromatic heterocycles. The maximum atomic E-state index is 12.9. The molecule has 9 nitrogen and oxygen atoms in total. The molecule has 154 valence electrons. The van der Waals surface area contributed by atoms with E-state index in [0.29, 0.717) is 30.6 Å². The van der Waals surface area contributed by atoms with Crippen molar-refractivity contribution >= 4 is 23.6 Å². The Morgan fingerprint density at radius 3 is 2.31 bits per heavy atom. The molecular weight excluding hydrogens is 372 g/mol. The summed E-state index contributed by atoms with van der Waals surface area (Å²) in [6.45, 7) is 4.63. The molecule has 0 radical (unpaired) electrons. The van der Waals surface area contributed by atoms with Crippen LogP contribution in [0.3, 0.4) is 0 Å². The van der Waals surface area contributed by atoms with Crippen molar-refractivity contribution in [1.82, 2.24) is 20.0 Å². The summed E-state index contributed by atoms with van der Waals surface area (Å²) in [6, 6.07) is 3.50. The van der Waals surface area contributed by atoms with Crippen molar-refractivity contribution in [2.45, 2.75) is 32.6 Å². The molecule has 0 unspecified atom stereocenters. The first-order chi connectivity index (χ1) is 14.1. The van der Waals surface area contributed by atoms with Gasteiger partial charge in [-0.1, -0.05) is 5.16 Å². The minimum Gasteiger partial charge on any atom is -0.360 e. The van der Waals surface area contributed by atoms with Crippen LogP contribution in [-0.4, -0.2) is 58.0 Å². The Bertz CT molecular complexity index is 839. The molecule has 0 aromatic carbocycles. The van der Waals surface area contributed by atoms with Crippen LogP contribution < -0.4 is 10.2 Å². The SMILES string of the molecule is Cc1cc(NC(=O)C2CCC(C(=O)N3CCN(c4ncccn4)CC3)CC2)no1. The Labute approximate surface area is 169 Å². The van der Waals surface area contributed by atoms with Gasteiger partial charge in [-0.25, -0.2) is 9.97 Å². The molecule has 0 spiro atoms. The second-order valence-corrected chi connectivity index (χ2v) is 7.72. The summed E-state index contributed by atoms with van der Waals surface area (Å²) >= 11 is 0. The van der Waals surface area contributed by atoms with Crippen molar-refractivity contribution in [2.75, 3.05) is 36.4 Å². The number of aromatic nitrogens is 3. The zero-order chi connectivity index (χ0) is 20.2. The fourth-order valence-corrected chi connectivity index (χ4v) is 4.10. The minimum absolute atomic E-state index is 0.00729. The predicted octanol–water partition coefficient (Wildman–Crippen LogP) is 1.87. The van der Waals surface area contributed by atoms with Crippen LogP contribution in [0.5, 0.6) is 0 Å². The molecule has 1 saturated carbocycles. The average molecular weight is 398 g/mol. The van der Waals surface area contributed by atoms with Gasteiger partial charge < -0.3 is 19.6 Å². The van der Waals surface area contributed by atoms with Gasteiger partial charge in [-0.3, -0.25) is 9.59 Å². The van der Waals surface area contributed by atoms with E-state index in [-0.39, 0.29) is 23.7 Å². The summed E-state index contributed by atoms with van der Waals surface area (Å²) < 4.78 is 4.98. The highest BCUT2D eigenvalue weighted by Crippen LogP contribution is 2.31. The number of anilines is 2. The normalized spacial score (nSPS) is 22.4. The van der Waals surface area contributed by atoms with Crippen molar-refractivity contribution in [3.8, 4) is 0 Å². The van der Waals surface area contributed by atoms with Crippen LogP contribution in [0.15, 0.2) is 29.0 Å². The fourth-order valence-electron chi connectivity index (χ4n) is 4.10. The van der Waals surface area contributed by atoms with Gasteiger partial charge in [-0.15, -0.1) is 0 Å².